The molecule has 0 bridgehead atoms. The van der Waals surface area contributed by atoms with Gasteiger partial charge >= 0.3 is 0 Å². The number of nitrogen functional groups attached to an aromatic ring is 1. The van der Waals surface area contributed by atoms with Crippen molar-refractivity contribution < 1.29 is 9.50 Å². The molecule has 0 fully saturated rings. The van der Waals surface area contributed by atoms with Crippen LogP contribution in [0.25, 0.3) is 16.9 Å². The first-order valence-electron chi connectivity index (χ1n) is 6.36. The second-order valence-corrected chi connectivity index (χ2v) is 5.00. The molecule has 108 valence electrons. The molecule has 0 saturated carbocycles. The Labute approximate surface area is 120 Å². The number of alkyl halides is 1. The van der Waals surface area contributed by atoms with Gasteiger partial charge in [0.25, 0.3) is 0 Å². The van der Waals surface area contributed by atoms with Gasteiger partial charge in [0.2, 0.25) is 5.95 Å². The molecule has 3 rings (SSSR count). The van der Waals surface area contributed by atoms with Crippen molar-refractivity contribution in [1.29, 1.82) is 0 Å². The molecule has 0 amide bonds. The van der Waals surface area contributed by atoms with Crippen molar-refractivity contribution in [2.45, 2.75) is 12.5 Å². The summed E-state index contributed by atoms with van der Waals surface area (Å²) in [6.45, 7) is 0.560. The molecule has 1 aromatic carbocycles. The van der Waals surface area contributed by atoms with E-state index in [0.717, 1.165) is 0 Å². The van der Waals surface area contributed by atoms with Crippen molar-refractivity contribution in [3.63, 3.8) is 0 Å². The SMILES string of the molecule is CC(O)(CF)c1ccc2ncn(-c3ccnc(N)n3)c2c1. The first-order valence-corrected chi connectivity index (χ1v) is 6.36. The lowest BCUT2D eigenvalue weighted by atomic mass is 9.97. The van der Waals surface area contributed by atoms with E-state index >= 15 is 0 Å². The molecule has 1 unspecified atom stereocenters. The molecule has 3 N–H and O–H groups in total. The van der Waals surface area contributed by atoms with E-state index in [1.807, 2.05) is 0 Å². The van der Waals surface area contributed by atoms with Gasteiger partial charge in [0.1, 0.15) is 24.4 Å². The zero-order valence-corrected chi connectivity index (χ0v) is 11.4. The molecule has 0 radical (unpaired) electrons. The van der Waals surface area contributed by atoms with E-state index in [4.69, 9.17) is 5.73 Å². The number of rotatable bonds is 3. The van der Waals surface area contributed by atoms with Crippen molar-refractivity contribution >= 4 is 17.0 Å². The summed E-state index contributed by atoms with van der Waals surface area (Å²) in [6, 6.07) is 6.78. The van der Waals surface area contributed by atoms with E-state index in [2.05, 4.69) is 15.0 Å². The third-order valence-corrected chi connectivity index (χ3v) is 3.34. The lowest BCUT2D eigenvalue weighted by Crippen LogP contribution is -2.23. The Bertz CT molecular complexity index is 799. The molecule has 7 heteroatoms. The van der Waals surface area contributed by atoms with Gasteiger partial charge in [0.15, 0.2) is 0 Å². The van der Waals surface area contributed by atoms with Crippen molar-refractivity contribution in [1.82, 2.24) is 19.5 Å². The molecule has 1 atom stereocenters. The van der Waals surface area contributed by atoms with Gasteiger partial charge in [-0.15, -0.1) is 0 Å². The first kappa shape index (κ1) is 13.4. The van der Waals surface area contributed by atoms with Gasteiger partial charge in [-0.25, -0.2) is 14.4 Å². The molecule has 0 aliphatic carbocycles. The Kier molecular flexibility index (Phi) is 3.06. The third kappa shape index (κ3) is 2.31. The highest BCUT2D eigenvalue weighted by atomic mass is 19.1. The number of imidazole rings is 1. The lowest BCUT2D eigenvalue weighted by molar-refractivity contribution is 0.0301. The number of nitrogens with two attached hydrogens (primary N) is 1. The van der Waals surface area contributed by atoms with Crippen LogP contribution in [-0.2, 0) is 5.60 Å². The number of aliphatic hydroxyl groups is 1. The summed E-state index contributed by atoms with van der Waals surface area (Å²) in [5, 5.41) is 10.0. The topological polar surface area (TPSA) is 89.9 Å². The van der Waals surface area contributed by atoms with E-state index in [1.165, 1.54) is 6.92 Å². The van der Waals surface area contributed by atoms with E-state index in [-0.39, 0.29) is 5.95 Å². The first-order chi connectivity index (χ1) is 10.0. The largest absolute Gasteiger partial charge is 0.383 e. The van der Waals surface area contributed by atoms with Gasteiger partial charge in [-0.1, -0.05) is 6.07 Å². The maximum atomic E-state index is 12.9. The number of aromatic nitrogens is 4. The van der Waals surface area contributed by atoms with Crippen molar-refractivity contribution in [2.24, 2.45) is 0 Å². The van der Waals surface area contributed by atoms with Gasteiger partial charge in [-0.2, -0.15) is 4.98 Å². The minimum absolute atomic E-state index is 0.154. The van der Waals surface area contributed by atoms with E-state index in [1.54, 1.807) is 41.4 Å². The Balaban J connectivity index is 2.19. The van der Waals surface area contributed by atoms with Crippen LogP contribution in [0.2, 0.25) is 0 Å². The zero-order chi connectivity index (χ0) is 15.0. The molecule has 0 spiro atoms. The standard InChI is InChI=1S/C14H14FN5O/c1-14(21,7-15)9-2-3-10-11(6-9)20(8-18-10)12-4-5-17-13(16)19-12/h2-6,8,21H,7H2,1H3,(H2,16,17,19). The molecular weight excluding hydrogens is 273 g/mol. The normalized spacial score (nSPS) is 14.2. The average molecular weight is 287 g/mol. The Hall–Kier alpha value is -2.54. The van der Waals surface area contributed by atoms with Crippen LogP contribution in [0.5, 0.6) is 0 Å². The monoisotopic (exact) mass is 287 g/mol. The van der Waals surface area contributed by atoms with E-state index in [9.17, 15) is 9.50 Å². The number of nitrogens with zero attached hydrogens (tertiary/aromatic N) is 4. The van der Waals surface area contributed by atoms with Crippen LogP contribution in [0.4, 0.5) is 10.3 Å². The van der Waals surface area contributed by atoms with Gasteiger partial charge in [-0.05, 0) is 30.7 Å². The fraction of sp³-hybridized carbons (Fsp3) is 0.214. The molecule has 0 saturated heterocycles. The Morgan fingerprint density at radius 3 is 2.86 bits per heavy atom. The molecular formula is C14H14FN5O. The smallest absolute Gasteiger partial charge is 0.221 e. The van der Waals surface area contributed by atoms with Crippen LogP contribution in [0.1, 0.15) is 12.5 Å². The summed E-state index contributed by atoms with van der Waals surface area (Å²) in [5.41, 5.74) is 5.94. The van der Waals surface area contributed by atoms with Crippen molar-refractivity contribution in [3.05, 3.63) is 42.4 Å². The van der Waals surface area contributed by atoms with Crippen LogP contribution in [0.3, 0.4) is 0 Å². The molecule has 2 aromatic heterocycles. The predicted molar refractivity (Wildman–Crippen MR) is 76.6 cm³/mol. The second-order valence-electron chi connectivity index (χ2n) is 5.00. The predicted octanol–water partition coefficient (Wildman–Crippen LogP) is 1.57. The van der Waals surface area contributed by atoms with E-state index < -0.39 is 12.3 Å². The highest BCUT2D eigenvalue weighted by Crippen LogP contribution is 2.26. The zero-order valence-electron chi connectivity index (χ0n) is 11.4. The number of hydrogen-bond acceptors (Lipinski definition) is 5. The fourth-order valence-electron chi connectivity index (χ4n) is 2.10. The summed E-state index contributed by atoms with van der Waals surface area (Å²) >= 11 is 0. The van der Waals surface area contributed by atoms with Crippen molar-refractivity contribution in [2.75, 3.05) is 12.4 Å². The third-order valence-electron chi connectivity index (χ3n) is 3.34. The average Bonchev–Trinajstić information content (AvgIpc) is 2.90. The quantitative estimate of drug-likeness (QED) is 0.763. The lowest BCUT2D eigenvalue weighted by Gasteiger charge is -2.19. The maximum absolute atomic E-state index is 12.9. The number of anilines is 1. The Morgan fingerprint density at radius 1 is 1.33 bits per heavy atom. The highest BCUT2D eigenvalue weighted by molar-refractivity contribution is 5.78. The molecule has 0 aliphatic heterocycles. The van der Waals surface area contributed by atoms with Crippen molar-refractivity contribution in [3.8, 4) is 5.82 Å². The molecule has 21 heavy (non-hydrogen) atoms. The summed E-state index contributed by atoms with van der Waals surface area (Å²) < 4.78 is 14.7. The summed E-state index contributed by atoms with van der Waals surface area (Å²) in [7, 11) is 0. The van der Waals surface area contributed by atoms with Crippen LogP contribution < -0.4 is 5.73 Å². The highest BCUT2D eigenvalue weighted by Gasteiger charge is 2.23. The Morgan fingerprint density at radius 2 is 2.14 bits per heavy atom. The molecule has 0 aliphatic rings. The molecule has 2 heterocycles. The van der Waals surface area contributed by atoms with Crippen LogP contribution in [0, 0.1) is 0 Å². The minimum Gasteiger partial charge on any atom is -0.383 e. The number of fused-ring (bicyclic) bond motifs is 1. The van der Waals surface area contributed by atoms with Gasteiger partial charge in [-0.3, -0.25) is 4.57 Å². The number of benzene rings is 1. The van der Waals surface area contributed by atoms with Crippen LogP contribution in [-0.4, -0.2) is 31.3 Å². The summed E-state index contributed by atoms with van der Waals surface area (Å²) in [6.07, 6.45) is 3.14. The number of hydrogen-bond donors (Lipinski definition) is 2. The number of halogens is 1. The summed E-state index contributed by atoms with van der Waals surface area (Å²) in [5.74, 6) is 0.711. The second kappa shape index (κ2) is 4.78. The van der Waals surface area contributed by atoms with Gasteiger partial charge in [0.05, 0.1) is 11.0 Å². The molecule has 3 aromatic rings. The maximum Gasteiger partial charge on any atom is 0.221 e. The van der Waals surface area contributed by atoms with Gasteiger partial charge in [0, 0.05) is 6.20 Å². The summed E-state index contributed by atoms with van der Waals surface area (Å²) in [4.78, 5) is 12.2. The van der Waals surface area contributed by atoms with E-state index in [0.29, 0.717) is 22.4 Å². The molecule has 6 nitrogen and oxygen atoms in total. The fourth-order valence-corrected chi connectivity index (χ4v) is 2.10. The van der Waals surface area contributed by atoms with Gasteiger partial charge < -0.3 is 10.8 Å². The minimum atomic E-state index is -1.53. The van der Waals surface area contributed by atoms with Crippen LogP contribution >= 0.6 is 0 Å². The van der Waals surface area contributed by atoms with Crippen LogP contribution in [0.15, 0.2) is 36.8 Å².